The molecule has 3 heteroatoms. The molecule has 0 spiro atoms. The quantitative estimate of drug-likeness (QED) is 0.681. The Labute approximate surface area is 81.5 Å². The van der Waals surface area contributed by atoms with Crippen LogP contribution in [0.1, 0.15) is 6.42 Å². The summed E-state index contributed by atoms with van der Waals surface area (Å²) in [5.74, 6) is -0.897. The Bertz CT molecular complexity index is 423. The summed E-state index contributed by atoms with van der Waals surface area (Å²) in [5.41, 5.74) is 2.14. The molecule has 0 fully saturated rings. The first-order valence-corrected chi connectivity index (χ1v) is 4.32. The van der Waals surface area contributed by atoms with Gasteiger partial charge in [0.2, 0.25) is 0 Å². The number of carbonyl (C=O) groups is 1. The van der Waals surface area contributed by atoms with Crippen LogP contribution in [0.3, 0.4) is 0 Å². The van der Waals surface area contributed by atoms with Crippen LogP contribution in [0, 0.1) is 0 Å². The van der Waals surface area contributed by atoms with Crippen molar-refractivity contribution < 1.29 is 9.90 Å². The third-order valence-corrected chi connectivity index (χ3v) is 2.12. The number of nitrogens with zero attached hydrogens (tertiary/aromatic N) is 1. The van der Waals surface area contributed by atoms with Gasteiger partial charge in [0.25, 0.3) is 0 Å². The standard InChI is InChI=1S/C11H9NO2/c13-11(14)9-6-8-4-2-1-3-5-10(8)12-7-9/h1-5,7H,6H2,(H,13,14). The summed E-state index contributed by atoms with van der Waals surface area (Å²) >= 11 is 0. The maximum Gasteiger partial charge on any atom is 0.333 e. The van der Waals surface area contributed by atoms with Crippen LogP contribution in [0.25, 0.3) is 0 Å². The van der Waals surface area contributed by atoms with Gasteiger partial charge < -0.3 is 5.11 Å². The molecule has 0 saturated heterocycles. The third kappa shape index (κ3) is 1.57. The summed E-state index contributed by atoms with van der Waals surface area (Å²) in [6.07, 6.45) is 11.3. The van der Waals surface area contributed by atoms with Crippen LogP contribution in [0.4, 0.5) is 0 Å². The van der Waals surface area contributed by atoms with Gasteiger partial charge in [0.15, 0.2) is 0 Å². The van der Waals surface area contributed by atoms with E-state index in [-0.39, 0.29) is 0 Å². The molecule has 0 aromatic rings. The average Bonchev–Trinajstić information content (AvgIpc) is 2.41. The molecule has 1 heterocycles. The van der Waals surface area contributed by atoms with Crippen LogP contribution >= 0.6 is 0 Å². The summed E-state index contributed by atoms with van der Waals surface area (Å²) in [6.45, 7) is 0. The second-order valence-corrected chi connectivity index (χ2v) is 3.09. The molecule has 2 rings (SSSR count). The minimum atomic E-state index is -0.897. The van der Waals surface area contributed by atoms with Gasteiger partial charge >= 0.3 is 5.97 Å². The minimum Gasteiger partial charge on any atom is -0.478 e. The Kier molecular flexibility index (Phi) is 2.14. The third-order valence-electron chi connectivity index (χ3n) is 2.12. The van der Waals surface area contributed by atoms with Gasteiger partial charge in [0.05, 0.1) is 11.3 Å². The topological polar surface area (TPSA) is 49.7 Å². The van der Waals surface area contributed by atoms with Crippen molar-refractivity contribution in [2.24, 2.45) is 4.99 Å². The molecule has 0 saturated carbocycles. The summed E-state index contributed by atoms with van der Waals surface area (Å²) in [4.78, 5) is 14.8. The van der Waals surface area contributed by atoms with Crippen LogP contribution in [0.5, 0.6) is 0 Å². The number of carboxylic acids is 1. The normalized spacial score (nSPS) is 19.0. The van der Waals surface area contributed by atoms with Crippen LogP contribution in [0.15, 0.2) is 52.7 Å². The van der Waals surface area contributed by atoms with E-state index in [0.717, 1.165) is 11.3 Å². The molecule has 3 nitrogen and oxygen atoms in total. The predicted molar refractivity (Wildman–Crippen MR) is 54.1 cm³/mol. The maximum absolute atomic E-state index is 10.7. The number of hydrogen-bond donors (Lipinski definition) is 1. The highest BCUT2D eigenvalue weighted by molar-refractivity contribution is 6.11. The number of hydrogen-bond acceptors (Lipinski definition) is 2. The Morgan fingerprint density at radius 3 is 3.00 bits per heavy atom. The number of fused-ring (bicyclic) bond motifs is 1. The maximum atomic E-state index is 10.7. The van der Waals surface area contributed by atoms with Crippen molar-refractivity contribution in [2.45, 2.75) is 6.42 Å². The molecule has 70 valence electrons. The second kappa shape index (κ2) is 3.46. The molecule has 1 aliphatic carbocycles. The zero-order valence-electron chi connectivity index (χ0n) is 7.47. The number of aliphatic imine (C=N–C) groups is 1. The Balaban J connectivity index is 2.38. The van der Waals surface area contributed by atoms with Crippen LogP contribution in [0.2, 0.25) is 0 Å². The molecule has 0 bridgehead atoms. The highest BCUT2D eigenvalue weighted by Gasteiger charge is 2.16. The van der Waals surface area contributed by atoms with Gasteiger partial charge in [-0.25, -0.2) is 4.79 Å². The largest absolute Gasteiger partial charge is 0.478 e. The van der Waals surface area contributed by atoms with Gasteiger partial charge in [0, 0.05) is 12.6 Å². The number of carboxylic acid groups (broad SMARTS) is 1. The average molecular weight is 187 g/mol. The highest BCUT2D eigenvalue weighted by Crippen LogP contribution is 2.20. The molecule has 1 N–H and O–H groups in total. The summed E-state index contributed by atoms with van der Waals surface area (Å²) in [6, 6.07) is 0. The van der Waals surface area contributed by atoms with Gasteiger partial charge in [-0.05, 0) is 11.6 Å². The highest BCUT2D eigenvalue weighted by atomic mass is 16.4. The fourth-order valence-corrected chi connectivity index (χ4v) is 1.38. The summed E-state index contributed by atoms with van der Waals surface area (Å²) in [5, 5.41) is 8.80. The Morgan fingerprint density at radius 1 is 1.36 bits per heavy atom. The lowest BCUT2D eigenvalue weighted by Gasteiger charge is -2.11. The van der Waals surface area contributed by atoms with Crippen molar-refractivity contribution in [3.63, 3.8) is 0 Å². The molecule has 0 unspecified atom stereocenters. The summed E-state index contributed by atoms with van der Waals surface area (Å²) in [7, 11) is 0. The zero-order chi connectivity index (χ0) is 9.97. The fraction of sp³-hybridized carbons (Fsp3) is 0.0909. The first kappa shape index (κ1) is 8.69. The van der Waals surface area contributed by atoms with Gasteiger partial charge in [-0.3, -0.25) is 4.99 Å². The van der Waals surface area contributed by atoms with Crippen molar-refractivity contribution in [3.05, 3.63) is 47.7 Å². The first-order chi connectivity index (χ1) is 6.77. The van der Waals surface area contributed by atoms with Crippen LogP contribution in [-0.2, 0) is 4.79 Å². The Morgan fingerprint density at radius 2 is 2.21 bits per heavy atom. The molecule has 0 aromatic heterocycles. The lowest BCUT2D eigenvalue weighted by Crippen LogP contribution is -2.10. The van der Waals surface area contributed by atoms with E-state index in [0.29, 0.717) is 12.0 Å². The molecule has 2 aliphatic rings. The monoisotopic (exact) mass is 187 g/mol. The SMILES string of the molecule is O=C(O)C1=CN=C2C=CC=CC=C2C1. The molecule has 1 aliphatic heterocycles. The number of aliphatic carboxylic acids is 1. The van der Waals surface area contributed by atoms with E-state index in [9.17, 15) is 4.79 Å². The first-order valence-electron chi connectivity index (χ1n) is 4.32. The lowest BCUT2D eigenvalue weighted by molar-refractivity contribution is -0.132. The molecule has 0 atom stereocenters. The van der Waals surface area contributed by atoms with Gasteiger partial charge in [-0.2, -0.15) is 0 Å². The van der Waals surface area contributed by atoms with Gasteiger partial charge in [-0.15, -0.1) is 0 Å². The van der Waals surface area contributed by atoms with Crippen molar-refractivity contribution >= 4 is 11.7 Å². The van der Waals surface area contributed by atoms with Gasteiger partial charge in [-0.1, -0.05) is 24.3 Å². The summed E-state index contributed by atoms with van der Waals surface area (Å²) < 4.78 is 0. The molecule has 0 amide bonds. The van der Waals surface area contributed by atoms with Crippen LogP contribution in [-0.4, -0.2) is 16.8 Å². The van der Waals surface area contributed by atoms with Gasteiger partial charge in [0.1, 0.15) is 0 Å². The molecular weight excluding hydrogens is 178 g/mol. The van der Waals surface area contributed by atoms with E-state index in [1.165, 1.54) is 6.20 Å². The van der Waals surface area contributed by atoms with E-state index in [4.69, 9.17) is 5.11 Å². The Hall–Kier alpha value is -1.90. The fourth-order valence-electron chi connectivity index (χ4n) is 1.38. The number of allylic oxidation sites excluding steroid dienone is 6. The smallest absolute Gasteiger partial charge is 0.333 e. The molecular formula is C11H9NO2. The lowest BCUT2D eigenvalue weighted by atomic mass is 9.99. The molecule has 0 radical (unpaired) electrons. The molecule has 14 heavy (non-hydrogen) atoms. The van der Waals surface area contributed by atoms with E-state index in [1.807, 2.05) is 30.4 Å². The van der Waals surface area contributed by atoms with E-state index in [1.54, 1.807) is 0 Å². The molecule has 0 aromatic carbocycles. The van der Waals surface area contributed by atoms with Crippen molar-refractivity contribution in [1.82, 2.24) is 0 Å². The van der Waals surface area contributed by atoms with E-state index >= 15 is 0 Å². The van der Waals surface area contributed by atoms with Crippen molar-refractivity contribution in [1.29, 1.82) is 0 Å². The van der Waals surface area contributed by atoms with E-state index < -0.39 is 5.97 Å². The zero-order valence-corrected chi connectivity index (χ0v) is 7.47. The van der Waals surface area contributed by atoms with E-state index in [2.05, 4.69) is 4.99 Å². The number of rotatable bonds is 1. The predicted octanol–water partition coefficient (Wildman–Crippen LogP) is 1.85. The van der Waals surface area contributed by atoms with Crippen LogP contribution < -0.4 is 0 Å². The van der Waals surface area contributed by atoms with Crippen molar-refractivity contribution in [2.75, 3.05) is 0 Å². The minimum absolute atomic E-state index is 0.337. The van der Waals surface area contributed by atoms with Crippen molar-refractivity contribution in [3.8, 4) is 0 Å². The second-order valence-electron chi connectivity index (χ2n) is 3.09.